The van der Waals surface area contributed by atoms with Gasteiger partial charge in [-0.3, -0.25) is 0 Å². The molecule has 0 amide bonds. The minimum atomic E-state index is 0.618. The smallest absolute Gasteiger partial charge is 0.0311 e. The van der Waals surface area contributed by atoms with Gasteiger partial charge in [0, 0.05) is 5.25 Å². The van der Waals surface area contributed by atoms with Crippen molar-refractivity contribution in [2.45, 2.75) is 11.7 Å². The van der Waals surface area contributed by atoms with Gasteiger partial charge in [0.15, 0.2) is 0 Å². The predicted molar refractivity (Wildman–Crippen MR) is 59.8 cm³/mol. The Balaban J connectivity index is 1.99. The molecular formula is C12H12S. The van der Waals surface area contributed by atoms with E-state index in [0.717, 1.165) is 6.42 Å². The van der Waals surface area contributed by atoms with Crippen molar-refractivity contribution in [3.63, 3.8) is 0 Å². The SMILES string of the molecule is C1=CSC(Cc2ccccc2)C=C1. The van der Waals surface area contributed by atoms with Crippen molar-refractivity contribution in [1.29, 1.82) is 0 Å². The van der Waals surface area contributed by atoms with E-state index in [4.69, 9.17) is 0 Å². The van der Waals surface area contributed by atoms with Gasteiger partial charge in [0.1, 0.15) is 0 Å². The lowest BCUT2D eigenvalue weighted by atomic mass is 10.1. The summed E-state index contributed by atoms with van der Waals surface area (Å²) in [6.45, 7) is 0. The lowest BCUT2D eigenvalue weighted by Crippen LogP contribution is -2.03. The van der Waals surface area contributed by atoms with Crippen LogP contribution < -0.4 is 0 Å². The largest absolute Gasteiger partial charge is 0.126 e. The van der Waals surface area contributed by atoms with Crippen LogP contribution in [0.5, 0.6) is 0 Å². The highest BCUT2D eigenvalue weighted by atomic mass is 32.2. The standard InChI is InChI=1S/C12H12S/c1-2-6-11(7-3-1)10-12-8-4-5-9-13-12/h1-9,12H,10H2. The summed E-state index contributed by atoms with van der Waals surface area (Å²) in [4.78, 5) is 0. The molecule has 1 aliphatic rings. The molecule has 1 aliphatic heterocycles. The second-order valence-electron chi connectivity index (χ2n) is 3.08. The number of allylic oxidation sites excluding steroid dienone is 2. The van der Waals surface area contributed by atoms with Crippen LogP contribution >= 0.6 is 11.8 Å². The Labute approximate surface area is 83.4 Å². The first kappa shape index (κ1) is 8.64. The predicted octanol–water partition coefficient (Wildman–Crippen LogP) is 3.41. The first-order valence-electron chi connectivity index (χ1n) is 4.48. The van der Waals surface area contributed by atoms with Gasteiger partial charge in [-0.2, -0.15) is 0 Å². The zero-order valence-corrected chi connectivity index (χ0v) is 8.21. The van der Waals surface area contributed by atoms with E-state index in [0.29, 0.717) is 5.25 Å². The minimum Gasteiger partial charge on any atom is -0.126 e. The maximum Gasteiger partial charge on any atom is 0.0311 e. The number of hydrogen-bond acceptors (Lipinski definition) is 1. The van der Waals surface area contributed by atoms with E-state index in [1.165, 1.54) is 5.56 Å². The fourth-order valence-corrected chi connectivity index (χ4v) is 2.24. The van der Waals surface area contributed by atoms with Crippen LogP contribution in [0.1, 0.15) is 5.56 Å². The van der Waals surface area contributed by atoms with Crippen molar-refractivity contribution in [2.75, 3.05) is 0 Å². The molecule has 0 spiro atoms. The van der Waals surface area contributed by atoms with Gasteiger partial charge in [0.05, 0.1) is 0 Å². The van der Waals surface area contributed by atoms with Gasteiger partial charge in [-0.15, -0.1) is 11.8 Å². The molecule has 0 aliphatic carbocycles. The molecular weight excluding hydrogens is 176 g/mol. The maximum atomic E-state index is 2.26. The van der Waals surface area contributed by atoms with Gasteiger partial charge in [0.2, 0.25) is 0 Å². The van der Waals surface area contributed by atoms with Gasteiger partial charge >= 0.3 is 0 Å². The molecule has 0 bridgehead atoms. The van der Waals surface area contributed by atoms with Crippen molar-refractivity contribution in [3.8, 4) is 0 Å². The summed E-state index contributed by atoms with van der Waals surface area (Å²) in [5, 5.41) is 2.78. The van der Waals surface area contributed by atoms with Crippen LogP contribution in [0.25, 0.3) is 0 Å². The second-order valence-corrected chi connectivity index (χ2v) is 4.23. The monoisotopic (exact) mass is 188 g/mol. The summed E-state index contributed by atoms with van der Waals surface area (Å²) in [7, 11) is 0. The molecule has 0 saturated carbocycles. The molecule has 2 rings (SSSR count). The molecule has 13 heavy (non-hydrogen) atoms. The van der Waals surface area contributed by atoms with Crippen LogP contribution in [-0.2, 0) is 6.42 Å². The fraction of sp³-hybridized carbons (Fsp3) is 0.167. The molecule has 0 nitrogen and oxygen atoms in total. The van der Waals surface area contributed by atoms with E-state index in [9.17, 15) is 0 Å². The Morgan fingerprint density at radius 2 is 1.92 bits per heavy atom. The highest BCUT2D eigenvalue weighted by Crippen LogP contribution is 2.21. The van der Waals surface area contributed by atoms with Crippen molar-refractivity contribution in [2.24, 2.45) is 0 Å². The molecule has 1 aromatic rings. The summed E-state index contributed by atoms with van der Waals surface area (Å²) in [6.07, 6.45) is 7.61. The van der Waals surface area contributed by atoms with Crippen LogP contribution in [0.15, 0.2) is 54.0 Å². The maximum absolute atomic E-state index is 2.26. The van der Waals surface area contributed by atoms with Crippen molar-refractivity contribution >= 4 is 11.8 Å². The Kier molecular flexibility index (Phi) is 2.88. The van der Waals surface area contributed by atoms with E-state index in [2.05, 4.69) is 54.0 Å². The third kappa shape index (κ3) is 2.49. The van der Waals surface area contributed by atoms with E-state index in [1.54, 1.807) is 0 Å². The second kappa shape index (κ2) is 4.33. The molecule has 0 saturated heterocycles. The summed E-state index contributed by atoms with van der Waals surface area (Å²) >= 11 is 1.89. The molecule has 1 atom stereocenters. The lowest BCUT2D eigenvalue weighted by Gasteiger charge is -2.11. The quantitative estimate of drug-likeness (QED) is 0.685. The van der Waals surface area contributed by atoms with Gasteiger partial charge < -0.3 is 0 Å². The summed E-state index contributed by atoms with van der Waals surface area (Å²) < 4.78 is 0. The summed E-state index contributed by atoms with van der Waals surface area (Å²) in [6, 6.07) is 10.6. The third-order valence-corrected chi connectivity index (χ3v) is 3.04. The molecule has 1 heteroatoms. The van der Waals surface area contributed by atoms with Crippen LogP contribution in [-0.4, -0.2) is 5.25 Å². The first-order chi connectivity index (χ1) is 6.45. The third-order valence-electron chi connectivity index (χ3n) is 2.05. The topological polar surface area (TPSA) is 0 Å². The molecule has 0 aromatic heterocycles. The Bertz CT molecular complexity index is 311. The normalized spacial score (nSPS) is 20.5. The van der Waals surface area contributed by atoms with Gasteiger partial charge in [-0.25, -0.2) is 0 Å². The van der Waals surface area contributed by atoms with Crippen LogP contribution in [0.3, 0.4) is 0 Å². The van der Waals surface area contributed by atoms with Crippen LogP contribution in [0.4, 0.5) is 0 Å². The Hall–Kier alpha value is -0.950. The molecule has 66 valence electrons. The zero-order chi connectivity index (χ0) is 8.93. The van der Waals surface area contributed by atoms with E-state index in [1.807, 2.05) is 11.8 Å². The zero-order valence-electron chi connectivity index (χ0n) is 7.39. The number of benzene rings is 1. The number of hydrogen-bond donors (Lipinski definition) is 0. The molecule has 1 unspecified atom stereocenters. The fourth-order valence-electron chi connectivity index (χ4n) is 1.39. The summed E-state index contributed by atoms with van der Waals surface area (Å²) in [5.41, 5.74) is 1.42. The van der Waals surface area contributed by atoms with Crippen LogP contribution in [0.2, 0.25) is 0 Å². The van der Waals surface area contributed by atoms with Crippen molar-refractivity contribution < 1.29 is 0 Å². The average Bonchev–Trinajstić information content (AvgIpc) is 2.21. The highest BCUT2D eigenvalue weighted by molar-refractivity contribution is 8.02. The summed E-state index contributed by atoms with van der Waals surface area (Å²) in [5.74, 6) is 0. The number of thioether (sulfide) groups is 1. The van der Waals surface area contributed by atoms with Gasteiger partial charge in [-0.05, 0) is 17.4 Å². The molecule has 0 radical (unpaired) electrons. The molecule has 0 N–H and O–H groups in total. The molecule has 0 fully saturated rings. The lowest BCUT2D eigenvalue weighted by molar-refractivity contribution is 1.02. The minimum absolute atomic E-state index is 0.618. The molecule has 1 aromatic carbocycles. The van der Waals surface area contributed by atoms with Crippen molar-refractivity contribution in [1.82, 2.24) is 0 Å². The Morgan fingerprint density at radius 1 is 1.08 bits per heavy atom. The van der Waals surface area contributed by atoms with Gasteiger partial charge in [-0.1, -0.05) is 48.6 Å². The van der Waals surface area contributed by atoms with Crippen molar-refractivity contribution in [3.05, 3.63) is 59.5 Å². The average molecular weight is 188 g/mol. The number of rotatable bonds is 2. The van der Waals surface area contributed by atoms with Crippen LogP contribution in [0, 0.1) is 0 Å². The first-order valence-corrected chi connectivity index (χ1v) is 5.42. The highest BCUT2D eigenvalue weighted by Gasteiger charge is 2.05. The van der Waals surface area contributed by atoms with E-state index >= 15 is 0 Å². The Morgan fingerprint density at radius 3 is 2.62 bits per heavy atom. The van der Waals surface area contributed by atoms with Gasteiger partial charge in [0.25, 0.3) is 0 Å². The molecule has 1 heterocycles. The van der Waals surface area contributed by atoms with E-state index < -0.39 is 0 Å². The van der Waals surface area contributed by atoms with E-state index in [-0.39, 0.29) is 0 Å².